The second-order valence-corrected chi connectivity index (χ2v) is 7.01. The van der Waals surface area contributed by atoms with Crippen LogP contribution in [0.5, 0.6) is 0 Å². The highest BCUT2D eigenvalue weighted by atomic mass is 32.2. The molecule has 0 spiro atoms. The Morgan fingerprint density at radius 1 is 1.05 bits per heavy atom. The minimum absolute atomic E-state index is 0.0817. The minimum atomic E-state index is -3.37. The summed E-state index contributed by atoms with van der Waals surface area (Å²) in [6.45, 7) is 0.0817. The lowest BCUT2D eigenvalue weighted by Gasteiger charge is -2.07. The Hall–Kier alpha value is -2.34. The van der Waals surface area contributed by atoms with Crippen LogP contribution < -0.4 is 11.1 Å². The first-order valence-corrected chi connectivity index (χ1v) is 8.51. The highest BCUT2D eigenvalue weighted by Gasteiger charge is 2.14. The predicted octanol–water partition coefficient (Wildman–Crippen LogP) is 1.40. The third-order valence-corrected chi connectivity index (χ3v) is 4.84. The van der Waals surface area contributed by atoms with Gasteiger partial charge >= 0.3 is 0 Å². The van der Waals surface area contributed by atoms with Gasteiger partial charge in [-0.05, 0) is 29.8 Å². The number of amides is 1. The molecule has 0 aliphatic rings. The number of anilines is 1. The number of hydrogen-bond acceptors (Lipinski definition) is 4. The lowest BCUT2D eigenvalue weighted by molar-refractivity contribution is -0.120. The molecule has 2 aromatic rings. The average molecular weight is 318 g/mol. The van der Waals surface area contributed by atoms with Gasteiger partial charge in [0.15, 0.2) is 9.84 Å². The fourth-order valence-electron chi connectivity index (χ4n) is 2.02. The Morgan fingerprint density at radius 3 is 2.45 bits per heavy atom. The molecule has 0 bridgehead atoms. The van der Waals surface area contributed by atoms with Crippen molar-refractivity contribution in [3.63, 3.8) is 0 Å². The van der Waals surface area contributed by atoms with E-state index in [1.54, 1.807) is 54.6 Å². The van der Waals surface area contributed by atoms with Crippen LogP contribution in [0.2, 0.25) is 0 Å². The maximum absolute atomic E-state index is 12.0. The van der Waals surface area contributed by atoms with Gasteiger partial charge in [0.25, 0.3) is 0 Å². The minimum Gasteiger partial charge on any atom is -0.399 e. The molecular weight excluding hydrogens is 300 g/mol. The predicted molar refractivity (Wildman–Crippen MR) is 86.1 cm³/mol. The van der Waals surface area contributed by atoms with Gasteiger partial charge in [-0.25, -0.2) is 8.42 Å². The summed E-state index contributed by atoms with van der Waals surface area (Å²) in [4.78, 5) is 12.1. The van der Waals surface area contributed by atoms with E-state index in [4.69, 9.17) is 5.73 Å². The molecular formula is C16H18N2O3S. The Balaban J connectivity index is 1.85. The number of sulfone groups is 1. The molecule has 1 amide bonds. The van der Waals surface area contributed by atoms with E-state index in [0.717, 1.165) is 5.56 Å². The molecule has 0 aliphatic heterocycles. The molecule has 22 heavy (non-hydrogen) atoms. The number of rotatable bonds is 6. The maximum atomic E-state index is 12.0. The van der Waals surface area contributed by atoms with E-state index >= 15 is 0 Å². The summed E-state index contributed by atoms with van der Waals surface area (Å²) in [5.74, 6) is -0.353. The summed E-state index contributed by atoms with van der Waals surface area (Å²) in [5.41, 5.74) is 7.03. The van der Waals surface area contributed by atoms with E-state index in [0.29, 0.717) is 5.69 Å². The molecule has 3 N–H and O–H groups in total. The van der Waals surface area contributed by atoms with E-state index in [-0.39, 0.29) is 29.5 Å². The quantitative estimate of drug-likeness (QED) is 0.788. The third kappa shape index (κ3) is 4.60. The Kier molecular flexibility index (Phi) is 5.16. The summed E-state index contributed by atoms with van der Waals surface area (Å²) in [6.07, 6.45) is 0.177. The van der Waals surface area contributed by atoms with Crippen LogP contribution in [0, 0.1) is 0 Å². The Labute approximate surface area is 130 Å². The maximum Gasteiger partial charge on any atom is 0.224 e. The van der Waals surface area contributed by atoms with Crippen LogP contribution in [0.1, 0.15) is 5.56 Å². The van der Waals surface area contributed by atoms with Gasteiger partial charge in [-0.1, -0.05) is 30.3 Å². The lowest BCUT2D eigenvalue weighted by Crippen LogP contribution is -2.30. The summed E-state index contributed by atoms with van der Waals surface area (Å²) in [5, 5.41) is 2.62. The van der Waals surface area contributed by atoms with Crippen molar-refractivity contribution in [2.45, 2.75) is 11.3 Å². The molecule has 0 aliphatic carbocycles. The number of nitrogens with two attached hydrogens (primary N) is 1. The number of nitrogens with one attached hydrogen (secondary N) is 1. The van der Waals surface area contributed by atoms with Crippen molar-refractivity contribution in [3.05, 3.63) is 60.2 Å². The van der Waals surface area contributed by atoms with Crippen molar-refractivity contribution in [3.8, 4) is 0 Å². The van der Waals surface area contributed by atoms with Gasteiger partial charge in [0.05, 0.1) is 17.1 Å². The molecule has 0 saturated heterocycles. The first kappa shape index (κ1) is 16.0. The highest BCUT2D eigenvalue weighted by Crippen LogP contribution is 2.09. The van der Waals surface area contributed by atoms with Crippen molar-refractivity contribution < 1.29 is 13.2 Å². The molecule has 116 valence electrons. The molecule has 0 unspecified atom stereocenters. The molecule has 0 heterocycles. The van der Waals surface area contributed by atoms with Crippen LogP contribution in [0.4, 0.5) is 5.69 Å². The zero-order chi connectivity index (χ0) is 16.0. The van der Waals surface area contributed by atoms with Crippen LogP contribution in [0.25, 0.3) is 0 Å². The molecule has 0 saturated carbocycles. The molecule has 5 nitrogen and oxygen atoms in total. The summed E-state index contributed by atoms with van der Waals surface area (Å²) >= 11 is 0. The molecule has 6 heteroatoms. The molecule has 0 aromatic heterocycles. The fourth-order valence-corrected chi connectivity index (χ4v) is 3.20. The van der Waals surface area contributed by atoms with E-state index in [9.17, 15) is 13.2 Å². The van der Waals surface area contributed by atoms with Crippen LogP contribution >= 0.6 is 0 Å². The molecule has 0 atom stereocenters. The summed E-state index contributed by atoms with van der Waals surface area (Å²) < 4.78 is 24.1. The lowest BCUT2D eigenvalue weighted by atomic mass is 10.1. The summed E-state index contributed by atoms with van der Waals surface area (Å²) in [6, 6.07) is 15.2. The SMILES string of the molecule is Nc1cccc(CC(=O)NCCS(=O)(=O)c2ccccc2)c1. The second-order valence-electron chi connectivity index (χ2n) is 4.90. The molecule has 0 fully saturated rings. The highest BCUT2D eigenvalue weighted by molar-refractivity contribution is 7.91. The van der Waals surface area contributed by atoms with Gasteiger partial charge in [0.2, 0.25) is 5.91 Å². The standard InChI is InChI=1S/C16H18N2O3S/c17-14-6-4-5-13(11-14)12-16(19)18-9-10-22(20,21)15-7-2-1-3-8-15/h1-8,11H,9-10,12,17H2,(H,18,19). The van der Waals surface area contributed by atoms with Crippen molar-refractivity contribution in [1.82, 2.24) is 5.32 Å². The third-order valence-electron chi connectivity index (χ3n) is 3.11. The van der Waals surface area contributed by atoms with E-state index in [1.807, 2.05) is 0 Å². The number of benzene rings is 2. The average Bonchev–Trinajstić information content (AvgIpc) is 2.48. The first-order chi connectivity index (χ1) is 10.5. The van der Waals surface area contributed by atoms with Crippen molar-refractivity contribution in [2.24, 2.45) is 0 Å². The van der Waals surface area contributed by atoms with Gasteiger partial charge in [0, 0.05) is 12.2 Å². The van der Waals surface area contributed by atoms with Gasteiger partial charge in [-0.3, -0.25) is 4.79 Å². The van der Waals surface area contributed by atoms with Crippen molar-refractivity contribution in [1.29, 1.82) is 0 Å². The van der Waals surface area contributed by atoms with Gasteiger partial charge in [0.1, 0.15) is 0 Å². The molecule has 2 rings (SSSR count). The smallest absolute Gasteiger partial charge is 0.224 e. The van der Waals surface area contributed by atoms with E-state index in [2.05, 4.69) is 5.32 Å². The van der Waals surface area contributed by atoms with E-state index in [1.165, 1.54) is 0 Å². The number of nitrogen functional groups attached to an aromatic ring is 1. The van der Waals surface area contributed by atoms with Crippen LogP contribution in [0.15, 0.2) is 59.5 Å². The Morgan fingerprint density at radius 2 is 1.77 bits per heavy atom. The zero-order valence-corrected chi connectivity index (χ0v) is 12.8. The molecule has 0 radical (unpaired) electrons. The van der Waals surface area contributed by atoms with Crippen LogP contribution in [0.3, 0.4) is 0 Å². The number of carbonyl (C=O) groups is 1. The van der Waals surface area contributed by atoms with Gasteiger partial charge < -0.3 is 11.1 Å². The Bertz CT molecular complexity index is 743. The summed E-state index contributed by atoms with van der Waals surface area (Å²) in [7, 11) is -3.37. The molecule has 2 aromatic carbocycles. The van der Waals surface area contributed by atoms with Gasteiger partial charge in [-0.2, -0.15) is 0 Å². The monoisotopic (exact) mass is 318 g/mol. The first-order valence-electron chi connectivity index (χ1n) is 6.86. The van der Waals surface area contributed by atoms with E-state index < -0.39 is 9.84 Å². The van der Waals surface area contributed by atoms with Crippen molar-refractivity contribution in [2.75, 3.05) is 18.0 Å². The zero-order valence-electron chi connectivity index (χ0n) is 12.0. The van der Waals surface area contributed by atoms with Gasteiger partial charge in [-0.15, -0.1) is 0 Å². The van der Waals surface area contributed by atoms with Crippen LogP contribution in [-0.2, 0) is 21.1 Å². The topological polar surface area (TPSA) is 89.3 Å². The second kappa shape index (κ2) is 7.09. The van der Waals surface area contributed by atoms with Crippen LogP contribution in [-0.4, -0.2) is 26.6 Å². The number of carbonyl (C=O) groups excluding carboxylic acids is 1. The number of hydrogen-bond donors (Lipinski definition) is 2. The fraction of sp³-hybridized carbons (Fsp3) is 0.188. The van der Waals surface area contributed by atoms with Crippen molar-refractivity contribution >= 4 is 21.4 Å². The normalized spacial score (nSPS) is 11.1. The largest absolute Gasteiger partial charge is 0.399 e.